The number of hydrogen-bond donors (Lipinski definition) is 2. The van der Waals surface area contributed by atoms with Crippen molar-refractivity contribution in [2.45, 2.75) is 17.5 Å². The van der Waals surface area contributed by atoms with Crippen molar-refractivity contribution in [3.05, 3.63) is 102 Å². The van der Waals surface area contributed by atoms with Gasteiger partial charge in [-0.1, -0.05) is 42.5 Å². The molecule has 5 nitrogen and oxygen atoms in total. The fraction of sp³-hybridized carbons (Fsp3) is 0.120. The summed E-state index contributed by atoms with van der Waals surface area (Å²) in [6, 6.07) is 19.8. The first-order chi connectivity index (χ1) is 16.7. The molecule has 10 heteroatoms. The first-order valence-corrected chi connectivity index (χ1v) is 10.7. The number of nitrogens with zero attached hydrogens (tertiary/aromatic N) is 3. The van der Waals surface area contributed by atoms with Gasteiger partial charge in [0.1, 0.15) is 17.3 Å². The van der Waals surface area contributed by atoms with Crippen molar-refractivity contribution >= 4 is 24.1 Å². The Morgan fingerprint density at radius 3 is 2.29 bits per heavy atom. The van der Waals surface area contributed by atoms with E-state index in [0.29, 0.717) is 18.1 Å². The topological polar surface area (TPSA) is 64.3 Å². The Bertz CT molecular complexity index is 1260. The molecule has 3 aromatic carbocycles. The van der Waals surface area contributed by atoms with Crippen LogP contribution in [0.2, 0.25) is 0 Å². The summed E-state index contributed by atoms with van der Waals surface area (Å²) < 4.78 is 49.6. The summed E-state index contributed by atoms with van der Waals surface area (Å²) in [4.78, 5) is 12.8. The number of rotatable bonds is 6. The van der Waals surface area contributed by atoms with Crippen molar-refractivity contribution in [2.24, 2.45) is 0 Å². The van der Waals surface area contributed by atoms with Gasteiger partial charge in [-0.05, 0) is 40.4 Å². The van der Waals surface area contributed by atoms with Gasteiger partial charge in [-0.25, -0.2) is 9.37 Å². The van der Waals surface area contributed by atoms with Gasteiger partial charge in [0.15, 0.2) is 0 Å². The molecule has 0 saturated carbocycles. The monoisotopic (exact) mass is 502 g/mol. The highest BCUT2D eigenvalue weighted by Crippen LogP contribution is 2.33. The molecule has 1 heterocycles. The third kappa shape index (κ3) is 6.93. The van der Waals surface area contributed by atoms with Crippen LogP contribution in [0.25, 0.3) is 11.3 Å². The Kier molecular flexibility index (Phi) is 8.67. The van der Waals surface area contributed by atoms with Gasteiger partial charge in [-0.15, -0.1) is 17.6 Å². The molecular weight excluding hydrogens is 480 g/mol. The Balaban J connectivity index is 0.000000241. The Hall–Kier alpha value is -3.63. The molecule has 1 aromatic heterocycles. The summed E-state index contributed by atoms with van der Waals surface area (Å²) in [5.74, 6) is 0.181. The maximum absolute atomic E-state index is 13.3. The number of halogens is 4. The zero-order chi connectivity index (χ0) is 25.4. The van der Waals surface area contributed by atoms with Gasteiger partial charge in [0, 0.05) is 42.1 Å². The van der Waals surface area contributed by atoms with Gasteiger partial charge in [0.25, 0.3) is 0 Å². The number of thiol groups is 1. The molecule has 0 radical (unpaired) electrons. The second kappa shape index (κ2) is 11.7. The number of hydrogen-bond acceptors (Lipinski definition) is 6. The van der Waals surface area contributed by atoms with Gasteiger partial charge in [-0.2, -0.15) is 8.78 Å². The lowest BCUT2D eigenvalue weighted by molar-refractivity contribution is -0.365. The number of alkyl halides is 2. The largest absolute Gasteiger partial charge is 0.414 e. The minimum atomic E-state index is -3.92. The molecule has 0 bridgehead atoms. The van der Waals surface area contributed by atoms with E-state index >= 15 is 0 Å². The summed E-state index contributed by atoms with van der Waals surface area (Å²) >= 11 is 3.72. The van der Waals surface area contributed by atoms with Crippen molar-refractivity contribution in [1.29, 1.82) is 0 Å². The lowest BCUT2D eigenvalue weighted by Crippen LogP contribution is -2.16. The second-order valence-electron chi connectivity index (χ2n) is 7.43. The van der Waals surface area contributed by atoms with Crippen LogP contribution >= 0.6 is 12.6 Å². The molecule has 4 aromatic rings. The molecule has 0 unspecified atom stereocenters. The minimum Gasteiger partial charge on any atom is -0.382 e. The van der Waals surface area contributed by atoms with E-state index in [9.17, 15) is 17.7 Å². The average Bonchev–Trinajstić information content (AvgIpc) is 2.85. The van der Waals surface area contributed by atoms with Crippen LogP contribution in [0.5, 0.6) is 0 Å². The van der Waals surface area contributed by atoms with Crippen molar-refractivity contribution in [3.63, 3.8) is 0 Å². The molecule has 182 valence electrons. The number of nitrogen functional groups attached to an aromatic ring is 1. The maximum atomic E-state index is 13.3. The lowest BCUT2D eigenvalue weighted by atomic mass is 10.1. The third-order valence-electron chi connectivity index (χ3n) is 4.94. The van der Waals surface area contributed by atoms with Gasteiger partial charge >= 0.3 is 6.11 Å². The molecule has 0 saturated heterocycles. The SMILES string of the molecule is CN(Cc1ccc(-c2nccnc2N)cc1)c1cccc(F)c1.FOC(F)(F)c1ccccc1S. The summed E-state index contributed by atoms with van der Waals surface area (Å²) in [7, 11) is 1.93. The molecule has 0 aliphatic heterocycles. The molecular formula is C25H22F4N4OS. The lowest BCUT2D eigenvalue weighted by Gasteiger charge is -2.19. The molecule has 2 N–H and O–H groups in total. The van der Waals surface area contributed by atoms with Gasteiger partial charge in [-0.3, -0.25) is 4.98 Å². The number of nitrogens with two attached hydrogens (primary N) is 1. The van der Waals surface area contributed by atoms with Crippen LogP contribution in [0.4, 0.5) is 29.2 Å². The summed E-state index contributed by atoms with van der Waals surface area (Å²) in [5, 5.41) is 0. The highest BCUT2D eigenvalue weighted by molar-refractivity contribution is 7.80. The quantitative estimate of drug-likeness (QED) is 0.235. The van der Waals surface area contributed by atoms with E-state index in [0.717, 1.165) is 22.9 Å². The van der Waals surface area contributed by atoms with Crippen molar-refractivity contribution < 1.29 is 22.6 Å². The van der Waals surface area contributed by atoms with Crippen LogP contribution in [-0.2, 0) is 17.6 Å². The first-order valence-electron chi connectivity index (χ1n) is 10.3. The summed E-state index contributed by atoms with van der Waals surface area (Å²) in [6.45, 7) is 0.680. The predicted molar refractivity (Wildman–Crippen MR) is 130 cm³/mol. The van der Waals surface area contributed by atoms with Gasteiger partial charge < -0.3 is 10.6 Å². The molecule has 35 heavy (non-hydrogen) atoms. The minimum absolute atomic E-state index is 0.0137. The van der Waals surface area contributed by atoms with Crippen LogP contribution in [0, 0.1) is 5.82 Å². The van der Waals surface area contributed by atoms with E-state index in [-0.39, 0.29) is 10.7 Å². The van der Waals surface area contributed by atoms with E-state index in [2.05, 4.69) is 27.5 Å². The summed E-state index contributed by atoms with van der Waals surface area (Å²) in [5.41, 5.74) is 8.81. The van der Waals surface area contributed by atoms with E-state index in [1.54, 1.807) is 18.5 Å². The zero-order valence-electron chi connectivity index (χ0n) is 18.6. The molecule has 0 fully saturated rings. The van der Waals surface area contributed by atoms with Crippen molar-refractivity contribution in [3.8, 4) is 11.3 Å². The molecule has 0 spiro atoms. The zero-order valence-corrected chi connectivity index (χ0v) is 19.5. The van der Waals surface area contributed by atoms with Crippen molar-refractivity contribution in [1.82, 2.24) is 9.97 Å². The maximum Gasteiger partial charge on any atom is 0.414 e. The fourth-order valence-electron chi connectivity index (χ4n) is 3.18. The number of anilines is 2. The first kappa shape index (κ1) is 26.0. The Morgan fingerprint density at radius 1 is 0.971 bits per heavy atom. The van der Waals surface area contributed by atoms with E-state index in [4.69, 9.17) is 5.73 Å². The van der Waals surface area contributed by atoms with Crippen LogP contribution in [0.3, 0.4) is 0 Å². The number of benzene rings is 3. The van der Waals surface area contributed by atoms with Crippen LogP contribution in [-0.4, -0.2) is 17.0 Å². The predicted octanol–water partition coefficient (Wildman–Crippen LogP) is 6.43. The molecule has 0 amide bonds. The van der Waals surface area contributed by atoms with E-state index in [1.165, 1.54) is 30.3 Å². The molecule has 0 aliphatic carbocycles. The smallest absolute Gasteiger partial charge is 0.382 e. The third-order valence-corrected chi connectivity index (χ3v) is 5.33. The van der Waals surface area contributed by atoms with Crippen molar-refractivity contribution in [2.75, 3.05) is 17.7 Å². The summed E-state index contributed by atoms with van der Waals surface area (Å²) in [6.07, 6.45) is -0.725. The van der Waals surface area contributed by atoms with E-state index in [1.807, 2.05) is 42.3 Å². The molecule has 0 aliphatic rings. The molecule has 4 rings (SSSR count). The highest BCUT2D eigenvalue weighted by atomic mass is 32.1. The number of aromatic nitrogens is 2. The highest BCUT2D eigenvalue weighted by Gasteiger charge is 2.35. The van der Waals surface area contributed by atoms with Gasteiger partial charge in [0.05, 0.1) is 5.56 Å². The van der Waals surface area contributed by atoms with Crippen LogP contribution in [0.15, 0.2) is 90.1 Å². The normalized spacial score (nSPS) is 10.9. The Morgan fingerprint density at radius 2 is 1.66 bits per heavy atom. The van der Waals surface area contributed by atoms with Crippen LogP contribution < -0.4 is 10.6 Å². The van der Waals surface area contributed by atoms with E-state index < -0.39 is 11.7 Å². The standard InChI is InChI=1S/C18H17FN4.C7H5F3OS/c1-23(16-4-2-3-15(19)11-16)12-13-5-7-14(8-6-13)17-18(20)22-10-9-21-17;8-7(9,11-10)5-3-1-2-4-6(5)12/h2-11H,12H2,1H3,(H2,20,22);1-4,12H. The Labute approximate surface area is 205 Å². The fourth-order valence-corrected chi connectivity index (χ4v) is 3.47. The van der Waals surface area contributed by atoms with Crippen LogP contribution in [0.1, 0.15) is 11.1 Å². The molecule has 0 atom stereocenters. The second-order valence-corrected chi connectivity index (χ2v) is 7.92. The average molecular weight is 503 g/mol. The van der Waals surface area contributed by atoms with Gasteiger partial charge in [0.2, 0.25) is 0 Å².